The van der Waals surface area contributed by atoms with E-state index >= 15 is 0 Å². The Morgan fingerprint density at radius 2 is 2.09 bits per heavy atom. The molecule has 0 saturated carbocycles. The van der Waals surface area contributed by atoms with Crippen molar-refractivity contribution in [1.29, 1.82) is 0 Å². The first-order valence-corrected chi connectivity index (χ1v) is 8.43. The van der Waals surface area contributed by atoms with Gasteiger partial charge in [-0.05, 0) is 32.9 Å². The molecule has 1 unspecified atom stereocenters. The third-order valence-electron chi connectivity index (χ3n) is 4.16. The van der Waals surface area contributed by atoms with Gasteiger partial charge in [0.05, 0.1) is 0 Å². The zero-order valence-electron chi connectivity index (χ0n) is 15.4. The second-order valence-corrected chi connectivity index (χ2v) is 6.54. The van der Waals surface area contributed by atoms with E-state index in [0.717, 1.165) is 24.6 Å². The van der Waals surface area contributed by atoms with Gasteiger partial charge >= 0.3 is 0 Å². The molecular formula is C17H33N5O. The SMILES string of the molecule is C=C(C)CNC(=NCC(=O)N(C)C)N(C)CC1CCCN1CC. The van der Waals surface area contributed by atoms with Crippen LogP contribution in [0.5, 0.6) is 0 Å². The van der Waals surface area contributed by atoms with Gasteiger partial charge in [-0.3, -0.25) is 9.69 Å². The largest absolute Gasteiger partial charge is 0.353 e. The van der Waals surface area contributed by atoms with Crippen LogP contribution in [0.25, 0.3) is 0 Å². The fraction of sp³-hybridized carbons (Fsp3) is 0.765. The monoisotopic (exact) mass is 323 g/mol. The van der Waals surface area contributed by atoms with Crippen molar-refractivity contribution in [3.05, 3.63) is 12.2 Å². The molecular weight excluding hydrogens is 290 g/mol. The number of amides is 1. The minimum Gasteiger partial charge on any atom is -0.353 e. The molecule has 0 radical (unpaired) electrons. The summed E-state index contributed by atoms with van der Waals surface area (Å²) in [7, 11) is 5.54. The molecule has 1 heterocycles. The Morgan fingerprint density at radius 3 is 2.65 bits per heavy atom. The van der Waals surface area contributed by atoms with Gasteiger partial charge in [0.1, 0.15) is 6.54 Å². The lowest BCUT2D eigenvalue weighted by molar-refractivity contribution is -0.127. The van der Waals surface area contributed by atoms with Gasteiger partial charge in [0.15, 0.2) is 5.96 Å². The zero-order chi connectivity index (χ0) is 17.4. The van der Waals surface area contributed by atoms with Crippen molar-refractivity contribution in [2.45, 2.75) is 32.7 Å². The predicted octanol–water partition coefficient (Wildman–Crippen LogP) is 1.01. The van der Waals surface area contributed by atoms with E-state index in [2.05, 4.69) is 33.6 Å². The summed E-state index contributed by atoms with van der Waals surface area (Å²) in [5, 5.41) is 3.31. The lowest BCUT2D eigenvalue weighted by Crippen LogP contribution is -2.46. The second kappa shape index (κ2) is 9.55. The molecule has 1 N–H and O–H groups in total. The van der Waals surface area contributed by atoms with Crippen molar-refractivity contribution in [3.8, 4) is 0 Å². The first-order chi connectivity index (χ1) is 10.8. The van der Waals surface area contributed by atoms with E-state index in [1.54, 1.807) is 19.0 Å². The van der Waals surface area contributed by atoms with Crippen LogP contribution in [0.15, 0.2) is 17.1 Å². The van der Waals surface area contributed by atoms with Crippen molar-refractivity contribution < 1.29 is 4.79 Å². The fourth-order valence-corrected chi connectivity index (χ4v) is 2.75. The first-order valence-electron chi connectivity index (χ1n) is 8.43. The Kier molecular flexibility index (Phi) is 8.09. The fourth-order valence-electron chi connectivity index (χ4n) is 2.75. The molecule has 1 aliphatic rings. The Hall–Kier alpha value is -1.56. The number of carbonyl (C=O) groups is 1. The molecule has 0 aliphatic carbocycles. The molecule has 0 aromatic heterocycles. The summed E-state index contributed by atoms with van der Waals surface area (Å²) >= 11 is 0. The van der Waals surface area contributed by atoms with Gasteiger partial charge in [-0.1, -0.05) is 19.1 Å². The van der Waals surface area contributed by atoms with E-state index in [-0.39, 0.29) is 12.5 Å². The van der Waals surface area contributed by atoms with Gasteiger partial charge in [-0.15, -0.1) is 0 Å². The zero-order valence-corrected chi connectivity index (χ0v) is 15.4. The number of aliphatic imine (C=N–C) groups is 1. The van der Waals surface area contributed by atoms with Crippen LogP contribution >= 0.6 is 0 Å². The lowest BCUT2D eigenvalue weighted by atomic mass is 10.2. The van der Waals surface area contributed by atoms with Crippen LogP contribution in [0, 0.1) is 0 Å². The number of likely N-dealkylation sites (tertiary alicyclic amines) is 1. The van der Waals surface area contributed by atoms with Crippen LogP contribution in [-0.4, -0.2) is 86.5 Å². The minimum atomic E-state index is 0.00377. The molecule has 0 aromatic carbocycles. The molecule has 132 valence electrons. The van der Waals surface area contributed by atoms with E-state index in [9.17, 15) is 4.79 Å². The number of hydrogen-bond acceptors (Lipinski definition) is 3. The topological polar surface area (TPSA) is 51.2 Å². The van der Waals surface area contributed by atoms with E-state index in [4.69, 9.17) is 0 Å². The van der Waals surface area contributed by atoms with Gasteiger partial charge < -0.3 is 15.1 Å². The van der Waals surface area contributed by atoms with Crippen molar-refractivity contribution in [2.75, 3.05) is 53.9 Å². The highest BCUT2D eigenvalue weighted by atomic mass is 16.2. The highest BCUT2D eigenvalue weighted by Crippen LogP contribution is 2.17. The van der Waals surface area contributed by atoms with Crippen LogP contribution in [0.3, 0.4) is 0 Å². The molecule has 1 amide bonds. The molecule has 23 heavy (non-hydrogen) atoms. The maximum absolute atomic E-state index is 11.8. The lowest BCUT2D eigenvalue weighted by Gasteiger charge is -2.30. The molecule has 1 fully saturated rings. The number of nitrogens with zero attached hydrogens (tertiary/aromatic N) is 4. The Labute approximate surface area is 141 Å². The van der Waals surface area contributed by atoms with Crippen molar-refractivity contribution >= 4 is 11.9 Å². The summed E-state index contributed by atoms with van der Waals surface area (Å²) < 4.78 is 0. The molecule has 0 spiro atoms. The van der Waals surface area contributed by atoms with Crippen LogP contribution in [0.1, 0.15) is 26.7 Å². The number of hydrogen-bond donors (Lipinski definition) is 1. The Balaban J connectivity index is 2.70. The van der Waals surface area contributed by atoms with Crippen LogP contribution in [0.2, 0.25) is 0 Å². The number of rotatable bonds is 7. The van der Waals surface area contributed by atoms with Crippen LogP contribution in [-0.2, 0) is 4.79 Å². The van der Waals surface area contributed by atoms with E-state index in [1.807, 2.05) is 14.0 Å². The average molecular weight is 323 g/mol. The molecule has 1 atom stereocenters. The van der Waals surface area contributed by atoms with Gasteiger partial charge in [-0.25, -0.2) is 4.99 Å². The molecule has 1 saturated heterocycles. The van der Waals surface area contributed by atoms with Crippen molar-refractivity contribution in [2.24, 2.45) is 4.99 Å². The quantitative estimate of drug-likeness (QED) is 0.432. The highest BCUT2D eigenvalue weighted by Gasteiger charge is 2.25. The van der Waals surface area contributed by atoms with Gasteiger partial charge in [0.2, 0.25) is 5.91 Å². The maximum atomic E-state index is 11.8. The number of nitrogens with one attached hydrogen (secondary N) is 1. The Bertz CT molecular complexity index is 433. The van der Waals surface area contributed by atoms with Crippen LogP contribution in [0.4, 0.5) is 0 Å². The maximum Gasteiger partial charge on any atom is 0.243 e. The highest BCUT2D eigenvalue weighted by molar-refractivity contribution is 5.84. The number of likely N-dealkylation sites (N-methyl/N-ethyl adjacent to an activating group) is 3. The first kappa shape index (κ1) is 19.5. The van der Waals surface area contributed by atoms with Gasteiger partial charge in [-0.2, -0.15) is 0 Å². The van der Waals surface area contributed by atoms with E-state index in [1.165, 1.54) is 19.4 Å². The summed E-state index contributed by atoms with van der Waals surface area (Å²) in [5.41, 5.74) is 1.04. The third-order valence-corrected chi connectivity index (χ3v) is 4.16. The molecule has 0 bridgehead atoms. The summed E-state index contributed by atoms with van der Waals surface area (Å²) in [4.78, 5) is 22.5. The summed E-state index contributed by atoms with van der Waals surface area (Å²) in [6.07, 6.45) is 2.49. The predicted molar refractivity (Wildman–Crippen MR) is 96.7 cm³/mol. The average Bonchev–Trinajstić information content (AvgIpc) is 2.93. The van der Waals surface area contributed by atoms with Crippen molar-refractivity contribution in [3.63, 3.8) is 0 Å². The number of carbonyl (C=O) groups excluding carboxylic acids is 1. The molecule has 6 nitrogen and oxygen atoms in total. The van der Waals surface area contributed by atoms with Crippen molar-refractivity contribution in [1.82, 2.24) is 20.0 Å². The smallest absolute Gasteiger partial charge is 0.243 e. The molecule has 1 aliphatic heterocycles. The second-order valence-electron chi connectivity index (χ2n) is 6.54. The molecule has 1 rings (SSSR count). The summed E-state index contributed by atoms with van der Waals surface area (Å²) in [5.74, 6) is 0.773. The van der Waals surface area contributed by atoms with Crippen LogP contribution < -0.4 is 5.32 Å². The summed E-state index contributed by atoms with van der Waals surface area (Å²) in [6, 6.07) is 0.561. The van der Waals surface area contributed by atoms with Gasteiger partial charge in [0.25, 0.3) is 0 Å². The third kappa shape index (κ3) is 6.60. The van der Waals surface area contributed by atoms with E-state index in [0.29, 0.717) is 12.6 Å². The minimum absolute atomic E-state index is 0.00377. The summed E-state index contributed by atoms with van der Waals surface area (Å²) in [6.45, 7) is 12.1. The number of guanidine groups is 1. The van der Waals surface area contributed by atoms with E-state index < -0.39 is 0 Å². The molecule has 6 heteroatoms. The van der Waals surface area contributed by atoms with Gasteiger partial charge in [0, 0.05) is 40.3 Å². The standard InChI is InChI=1S/C17H33N5O/c1-7-22-10-8-9-15(22)13-21(6)17(18-11-14(2)3)19-12-16(23)20(4)5/h15H,2,7-13H2,1,3-6H3,(H,18,19). The normalized spacial score (nSPS) is 18.8. The molecule has 0 aromatic rings. The Morgan fingerprint density at radius 1 is 1.39 bits per heavy atom.